The van der Waals surface area contributed by atoms with Gasteiger partial charge >= 0.3 is 6.03 Å². The highest BCUT2D eigenvalue weighted by molar-refractivity contribution is 5.74. The molecule has 0 radical (unpaired) electrons. The maximum absolute atomic E-state index is 14.1. The van der Waals surface area contributed by atoms with Gasteiger partial charge in [0.2, 0.25) is 0 Å². The van der Waals surface area contributed by atoms with E-state index in [9.17, 15) is 9.18 Å². The van der Waals surface area contributed by atoms with Gasteiger partial charge in [0, 0.05) is 32.2 Å². The molecule has 0 bridgehead atoms. The lowest BCUT2D eigenvalue weighted by molar-refractivity contribution is 0.218. The van der Waals surface area contributed by atoms with E-state index in [4.69, 9.17) is 0 Å². The van der Waals surface area contributed by atoms with Gasteiger partial charge in [-0.15, -0.1) is 0 Å². The Morgan fingerprint density at radius 3 is 2.81 bits per heavy atom. The first-order chi connectivity index (χ1) is 12.6. The van der Waals surface area contributed by atoms with E-state index in [1.54, 1.807) is 6.07 Å². The molecule has 6 heteroatoms. The van der Waals surface area contributed by atoms with Crippen LogP contribution >= 0.6 is 0 Å². The first kappa shape index (κ1) is 19.0. The number of benzene rings is 1. The van der Waals surface area contributed by atoms with Gasteiger partial charge in [-0.05, 0) is 63.4 Å². The van der Waals surface area contributed by atoms with Crippen LogP contribution in [0.3, 0.4) is 0 Å². The van der Waals surface area contributed by atoms with Gasteiger partial charge in [0.25, 0.3) is 0 Å². The van der Waals surface area contributed by atoms with Gasteiger partial charge in [-0.1, -0.05) is 12.5 Å². The molecular weight excluding hydrogens is 331 g/mol. The Labute approximate surface area is 155 Å². The van der Waals surface area contributed by atoms with Crippen molar-refractivity contribution < 1.29 is 9.18 Å². The molecule has 1 aromatic rings. The van der Waals surface area contributed by atoms with E-state index < -0.39 is 0 Å². The number of piperidine rings is 2. The largest absolute Gasteiger partial charge is 0.367 e. The van der Waals surface area contributed by atoms with E-state index in [1.165, 1.54) is 25.3 Å². The molecule has 2 heterocycles. The predicted octanol–water partition coefficient (Wildman–Crippen LogP) is 2.89. The maximum atomic E-state index is 14.1. The number of hydrogen-bond donors (Lipinski definition) is 2. The molecule has 0 saturated carbocycles. The molecule has 2 amide bonds. The Morgan fingerprint density at radius 2 is 2.00 bits per heavy atom. The average molecular weight is 362 g/mol. The third-order valence-electron chi connectivity index (χ3n) is 5.36. The van der Waals surface area contributed by atoms with Crippen molar-refractivity contribution >= 4 is 11.7 Å². The second kappa shape index (κ2) is 9.21. The number of carbonyl (C=O) groups is 1. The number of hydrogen-bond acceptors (Lipinski definition) is 3. The minimum atomic E-state index is -0.192. The highest BCUT2D eigenvalue weighted by atomic mass is 19.1. The third-order valence-corrected chi connectivity index (χ3v) is 5.36. The number of rotatable bonds is 5. The zero-order valence-corrected chi connectivity index (χ0v) is 15.8. The fourth-order valence-electron chi connectivity index (χ4n) is 3.93. The number of anilines is 1. The van der Waals surface area contributed by atoms with E-state index in [2.05, 4.69) is 15.5 Å². The zero-order valence-electron chi connectivity index (χ0n) is 15.8. The van der Waals surface area contributed by atoms with Gasteiger partial charge < -0.3 is 20.4 Å². The smallest absolute Gasteiger partial charge is 0.315 e. The van der Waals surface area contributed by atoms with Gasteiger partial charge in [-0.25, -0.2) is 9.18 Å². The first-order valence-electron chi connectivity index (χ1n) is 9.89. The average Bonchev–Trinajstić information content (AvgIpc) is 2.65. The number of likely N-dealkylation sites (tertiary alicyclic amines) is 1. The Bertz CT molecular complexity index is 603. The number of aryl methyl sites for hydroxylation is 1. The SMILES string of the molecule is Cc1ccc(F)c(N2CCCC(NC(=O)NCCN3CCCCC3)C2)c1. The Balaban J connectivity index is 1.44. The van der Waals surface area contributed by atoms with Crippen LogP contribution in [-0.2, 0) is 0 Å². The molecular formula is C20H31FN4O. The number of halogens is 1. The monoisotopic (exact) mass is 362 g/mol. The summed E-state index contributed by atoms with van der Waals surface area (Å²) in [5.41, 5.74) is 1.69. The summed E-state index contributed by atoms with van der Waals surface area (Å²) in [7, 11) is 0. The van der Waals surface area contributed by atoms with Crippen LogP contribution in [0.1, 0.15) is 37.7 Å². The van der Waals surface area contributed by atoms with Crippen LogP contribution in [0, 0.1) is 12.7 Å². The van der Waals surface area contributed by atoms with Crippen LogP contribution in [0.5, 0.6) is 0 Å². The summed E-state index contributed by atoms with van der Waals surface area (Å²) in [5.74, 6) is -0.192. The van der Waals surface area contributed by atoms with Crippen molar-refractivity contribution in [3.05, 3.63) is 29.6 Å². The molecule has 26 heavy (non-hydrogen) atoms. The van der Waals surface area contributed by atoms with E-state index in [0.29, 0.717) is 18.8 Å². The molecule has 5 nitrogen and oxygen atoms in total. The number of nitrogens with one attached hydrogen (secondary N) is 2. The van der Waals surface area contributed by atoms with E-state index in [-0.39, 0.29) is 17.9 Å². The Morgan fingerprint density at radius 1 is 1.19 bits per heavy atom. The summed E-state index contributed by atoms with van der Waals surface area (Å²) in [5, 5.41) is 6.03. The number of carbonyl (C=O) groups excluding carboxylic acids is 1. The summed E-state index contributed by atoms with van der Waals surface area (Å²) >= 11 is 0. The molecule has 0 aromatic heterocycles. The lowest BCUT2D eigenvalue weighted by atomic mass is 10.0. The van der Waals surface area contributed by atoms with Gasteiger partial charge in [0.05, 0.1) is 5.69 Å². The van der Waals surface area contributed by atoms with Crippen molar-refractivity contribution in [2.75, 3.05) is 44.2 Å². The standard InChI is InChI=1S/C20H31FN4O/c1-16-7-8-18(21)19(14-16)25-12-5-6-17(15-25)23-20(26)22-9-13-24-10-3-2-4-11-24/h7-8,14,17H,2-6,9-13,15H2,1H3,(H2,22,23,26). The number of amides is 2. The van der Waals surface area contributed by atoms with Gasteiger partial charge in [0.15, 0.2) is 0 Å². The Kier molecular flexibility index (Phi) is 6.72. The van der Waals surface area contributed by atoms with Crippen molar-refractivity contribution in [1.29, 1.82) is 0 Å². The lowest BCUT2D eigenvalue weighted by Gasteiger charge is -2.35. The molecule has 1 aromatic carbocycles. The molecule has 3 rings (SSSR count). The minimum absolute atomic E-state index is 0.0543. The molecule has 1 unspecified atom stereocenters. The summed E-state index contributed by atoms with van der Waals surface area (Å²) in [4.78, 5) is 16.6. The first-order valence-corrected chi connectivity index (χ1v) is 9.89. The number of urea groups is 1. The van der Waals surface area contributed by atoms with Gasteiger partial charge in [-0.2, -0.15) is 0 Å². The molecule has 1 atom stereocenters. The van der Waals surface area contributed by atoms with Crippen molar-refractivity contribution in [2.45, 2.75) is 45.1 Å². The summed E-state index contributed by atoms with van der Waals surface area (Å²) in [6, 6.07) is 5.14. The second-order valence-electron chi connectivity index (χ2n) is 7.54. The second-order valence-corrected chi connectivity index (χ2v) is 7.54. The van der Waals surface area contributed by atoms with Crippen LogP contribution in [0.4, 0.5) is 14.9 Å². The molecule has 2 aliphatic rings. The lowest BCUT2D eigenvalue weighted by Crippen LogP contribution is -2.51. The van der Waals surface area contributed by atoms with E-state index in [1.807, 2.05) is 17.9 Å². The zero-order chi connectivity index (χ0) is 18.4. The van der Waals surface area contributed by atoms with Crippen LogP contribution in [-0.4, -0.2) is 56.2 Å². The Hall–Kier alpha value is -1.82. The fraction of sp³-hybridized carbons (Fsp3) is 0.650. The summed E-state index contributed by atoms with van der Waals surface area (Å²) < 4.78 is 14.1. The van der Waals surface area contributed by atoms with Crippen LogP contribution in [0.25, 0.3) is 0 Å². The van der Waals surface area contributed by atoms with Crippen molar-refractivity contribution in [3.63, 3.8) is 0 Å². The molecule has 2 aliphatic heterocycles. The predicted molar refractivity (Wildman–Crippen MR) is 103 cm³/mol. The molecule has 0 spiro atoms. The molecule has 144 valence electrons. The topological polar surface area (TPSA) is 47.6 Å². The van der Waals surface area contributed by atoms with Crippen LogP contribution < -0.4 is 15.5 Å². The maximum Gasteiger partial charge on any atom is 0.315 e. The normalized spacial score (nSPS) is 21.5. The van der Waals surface area contributed by atoms with Crippen molar-refractivity contribution in [3.8, 4) is 0 Å². The van der Waals surface area contributed by atoms with Crippen molar-refractivity contribution in [2.24, 2.45) is 0 Å². The molecule has 2 N–H and O–H groups in total. The summed E-state index contributed by atoms with van der Waals surface area (Å²) in [6.45, 7) is 7.33. The third kappa shape index (κ3) is 5.34. The van der Waals surface area contributed by atoms with Gasteiger partial charge in [0.1, 0.15) is 5.82 Å². The quantitative estimate of drug-likeness (QED) is 0.847. The van der Waals surface area contributed by atoms with Crippen LogP contribution in [0.15, 0.2) is 18.2 Å². The molecule has 2 fully saturated rings. The van der Waals surface area contributed by atoms with Gasteiger partial charge in [-0.3, -0.25) is 0 Å². The van der Waals surface area contributed by atoms with E-state index in [0.717, 1.165) is 44.6 Å². The fourth-order valence-corrected chi connectivity index (χ4v) is 3.93. The summed E-state index contributed by atoms with van der Waals surface area (Å²) in [6.07, 6.45) is 5.74. The van der Waals surface area contributed by atoms with Crippen molar-refractivity contribution in [1.82, 2.24) is 15.5 Å². The highest BCUT2D eigenvalue weighted by Crippen LogP contribution is 2.24. The van der Waals surface area contributed by atoms with E-state index >= 15 is 0 Å². The number of nitrogens with zero attached hydrogens (tertiary/aromatic N) is 2. The minimum Gasteiger partial charge on any atom is -0.367 e. The molecule has 2 saturated heterocycles. The van der Waals surface area contributed by atoms with Crippen LogP contribution in [0.2, 0.25) is 0 Å². The molecule has 0 aliphatic carbocycles. The highest BCUT2D eigenvalue weighted by Gasteiger charge is 2.23.